The zero-order valence-electron chi connectivity index (χ0n) is 11.6. The summed E-state index contributed by atoms with van der Waals surface area (Å²) in [4.78, 5) is 2.45. The molecule has 5 heteroatoms. The van der Waals surface area contributed by atoms with Gasteiger partial charge in [0.1, 0.15) is 0 Å². The van der Waals surface area contributed by atoms with Crippen LogP contribution in [-0.4, -0.2) is 70.7 Å². The fourth-order valence-corrected chi connectivity index (χ4v) is 2.04. The molecule has 0 atom stereocenters. The number of nitrogens with zero attached hydrogens (tertiary/aromatic N) is 1. The fraction of sp³-hybridized carbons (Fsp3) is 1.00. The third kappa shape index (κ3) is 6.66. The Labute approximate surface area is 111 Å². The highest BCUT2D eigenvalue weighted by molar-refractivity contribution is 4.79. The van der Waals surface area contributed by atoms with Gasteiger partial charge in [-0.1, -0.05) is 6.42 Å². The molecule has 0 spiro atoms. The molecule has 1 saturated carbocycles. The molecule has 2 N–H and O–H groups in total. The van der Waals surface area contributed by atoms with Crippen molar-refractivity contribution in [1.29, 1.82) is 0 Å². The van der Waals surface area contributed by atoms with E-state index in [0.717, 1.165) is 32.3 Å². The molecule has 0 unspecified atom stereocenters. The van der Waals surface area contributed by atoms with E-state index in [9.17, 15) is 0 Å². The van der Waals surface area contributed by atoms with Crippen molar-refractivity contribution in [1.82, 2.24) is 4.90 Å². The predicted octanol–water partition coefficient (Wildman–Crippen LogP) is 0.479. The summed E-state index contributed by atoms with van der Waals surface area (Å²) in [5.74, 6) is 0. The molecule has 5 nitrogen and oxygen atoms in total. The van der Waals surface area contributed by atoms with Crippen LogP contribution in [-0.2, 0) is 14.2 Å². The largest absolute Gasteiger partial charge is 0.382 e. The first-order chi connectivity index (χ1) is 8.88. The van der Waals surface area contributed by atoms with Gasteiger partial charge in [0.05, 0.1) is 33.0 Å². The van der Waals surface area contributed by atoms with Gasteiger partial charge >= 0.3 is 0 Å². The summed E-state index contributed by atoms with van der Waals surface area (Å²) in [5, 5.41) is 0. The Kier molecular flexibility index (Phi) is 9.42. The highest BCUT2D eigenvalue weighted by atomic mass is 16.5. The van der Waals surface area contributed by atoms with E-state index < -0.39 is 0 Å². The molecule has 0 aromatic heterocycles. The Bertz CT molecular complexity index is 189. The van der Waals surface area contributed by atoms with Crippen molar-refractivity contribution < 1.29 is 14.2 Å². The van der Waals surface area contributed by atoms with E-state index in [1.54, 1.807) is 7.11 Å². The maximum Gasteiger partial charge on any atom is 0.0701 e. The quantitative estimate of drug-likeness (QED) is 0.517. The molecule has 0 saturated heterocycles. The molecule has 0 aromatic rings. The zero-order valence-corrected chi connectivity index (χ0v) is 11.6. The van der Waals surface area contributed by atoms with E-state index in [-0.39, 0.29) is 0 Å². The topological polar surface area (TPSA) is 57.0 Å². The monoisotopic (exact) mass is 260 g/mol. The van der Waals surface area contributed by atoms with Gasteiger partial charge < -0.3 is 19.9 Å². The van der Waals surface area contributed by atoms with Crippen LogP contribution in [0, 0.1) is 0 Å². The van der Waals surface area contributed by atoms with Gasteiger partial charge in [-0.15, -0.1) is 0 Å². The maximum atomic E-state index is 5.63. The average Bonchev–Trinajstić information content (AvgIpc) is 2.30. The van der Waals surface area contributed by atoms with E-state index in [2.05, 4.69) is 4.90 Å². The van der Waals surface area contributed by atoms with E-state index in [0.29, 0.717) is 26.4 Å². The summed E-state index contributed by atoms with van der Waals surface area (Å²) in [6.07, 6.45) is 4.00. The van der Waals surface area contributed by atoms with E-state index in [1.165, 1.54) is 19.3 Å². The van der Waals surface area contributed by atoms with Crippen LogP contribution >= 0.6 is 0 Å². The van der Waals surface area contributed by atoms with Crippen LogP contribution in [0.2, 0.25) is 0 Å². The van der Waals surface area contributed by atoms with Gasteiger partial charge in [-0.3, -0.25) is 4.90 Å². The Morgan fingerprint density at radius 3 is 2.22 bits per heavy atom. The van der Waals surface area contributed by atoms with Crippen molar-refractivity contribution in [3.05, 3.63) is 0 Å². The lowest BCUT2D eigenvalue weighted by molar-refractivity contribution is 0.0127. The van der Waals surface area contributed by atoms with Gasteiger partial charge in [0, 0.05) is 32.8 Å². The molecule has 0 heterocycles. The van der Waals surface area contributed by atoms with E-state index >= 15 is 0 Å². The molecule has 1 aliphatic carbocycles. The molecule has 18 heavy (non-hydrogen) atoms. The minimum atomic E-state index is 0.640. The minimum Gasteiger partial charge on any atom is -0.382 e. The number of hydrogen-bond acceptors (Lipinski definition) is 5. The van der Waals surface area contributed by atoms with Crippen LogP contribution in [0.1, 0.15) is 19.3 Å². The van der Waals surface area contributed by atoms with Crippen molar-refractivity contribution >= 4 is 0 Å². The summed E-state index contributed by atoms with van der Waals surface area (Å²) < 4.78 is 15.8. The number of methoxy groups -OCH3 is 1. The summed E-state index contributed by atoms with van der Waals surface area (Å²) in [6, 6.07) is 0.745. The smallest absolute Gasteiger partial charge is 0.0701 e. The Morgan fingerprint density at radius 2 is 1.67 bits per heavy atom. The average molecular weight is 260 g/mol. The second-order valence-electron chi connectivity index (χ2n) is 4.63. The summed E-state index contributed by atoms with van der Waals surface area (Å²) >= 11 is 0. The number of rotatable bonds is 12. The normalized spacial score (nSPS) is 16.2. The maximum absolute atomic E-state index is 5.63. The Balaban J connectivity index is 1.91. The molecule has 1 fully saturated rings. The SMILES string of the molecule is COCCOCCOCCN(CCN)C1CCC1. The molecular formula is C13H28N2O3. The Hall–Kier alpha value is -0.200. The second-order valence-corrected chi connectivity index (χ2v) is 4.63. The standard InChI is InChI=1S/C13H28N2O3/c1-16-9-10-18-12-11-17-8-7-15(6-5-14)13-3-2-4-13/h13H,2-12,14H2,1H3. The number of hydrogen-bond donors (Lipinski definition) is 1. The molecule has 0 aromatic carbocycles. The third-order valence-electron chi connectivity index (χ3n) is 3.33. The van der Waals surface area contributed by atoms with Crippen molar-refractivity contribution in [3.8, 4) is 0 Å². The zero-order chi connectivity index (χ0) is 13.1. The molecular weight excluding hydrogens is 232 g/mol. The summed E-state index contributed by atoms with van der Waals surface area (Å²) in [5.41, 5.74) is 5.63. The van der Waals surface area contributed by atoms with E-state index in [1.807, 2.05) is 0 Å². The van der Waals surface area contributed by atoms with Crippen LogP contribution in [0.4, 0.5) is 0 Å². The number of ether oxygens (including phenoxy) is 3. The lowest BCUT2D eigenvalue weighted by Crippen LogP contribution is -2.44. The first-order valence-corrected chi connectivity index (χ1v) is 6.97. The molecule has 0 radical (unpaired) electrons. The molecule has 1 rings (SSSR count). The van der Waals surface area contributed by atoms with Gasteiger partial charge in [0.25, 0.3) is 0 Å². The minimum absolute atomic E-state index is 0.640. The Morgan fingerprint density at radius 1 is 1.00 bits per heavy atom. The lowest BCUT2D eigenvalue weighted by atomic mass is 9.91. The van der Waals surface area contributed by atoms with Crippen LogP contribution in [0.25, 0.3) is 0 Å². The van der Waals surface area contributed by atoms with Crippen LogP contribution in [0.15, 0.2) is 0 Å². The van der Waals surface area contributed by atoms with Crippen LogP contribution in [0.5, 0.6) is 0 Å². The molecule has 0 amide bonds. The van der Waals surface area contributed by atoms with Crippen molar-refractivity contribution in [2.24, 2.45) is 5.73 Å². The predicted molar refractivity (Wildman–Crippen MR) is 71.8 cm³/mol. The number of nitrogens with two attached hydrogens (primary N) is 1. The molecule has 0 bridgehead atoms. The first-order valence-electron chi connectivity index (χ1n) is 6.97. The lowest BCUT2D eigenvalue weighted by Gasteiger charge is -2.37. The van der Waals surface area contributed by atoms with Crippen molar-refractivity contribution in [2.45, 2.75) is 25.3 Å². The molecule has 0 aliphatic heterocycles. The van der Waals surface area contributed by atoms with Crippen LogP contribution in [0.3, 0.4) is 0 Å². The van der Waals surface area contributed by atoms with Crippen molar-refractivity contribution in [3.63, 3.8) is 0 Å². The highest BCUT2D eigenvalue weighted by Gasteiger charge is 2.23. The van der Waals surface area contributed by atoms with E-state index in [4.69, 9.17) is 19.9 Å². The van der Waals surface area contributed by atoms with Gasteiger partial charge in [0.15, 0.2) is 0 Å². The fourth-order valence-electron chi connectivity index (χ4n) is 2.04. The second kappa shape index (κ2) is 10.7. The van der Waals surface area contributed by atoms with Crippen LogP contribution < -0.4 is 5.73 Å². The van der Waals surface area contributed by atoms with Crippen molar-refractivity contribution in [2.75, 3.05) is 59.8 Å². The summed E-state index contributed by atoms with van der Waals surface area (Å²) in [6.45, 7) is 6.06. The molecule has 1 aliphatic rings. The van der Waals surface area contributed by atoms with Gasteiger partial charge in [0.2, 0.25) is 0 Å². The first kappa shape index (κ1) is 15.9. The third-order valence-corrected chi connectivity index (χ3v) is 3.33. The van der Waals surface area contributed by atoms with Gasteiger partial charge in [-0.25, -0.2) is 0 Å². The highest BCUT2D eigenvalue weighted by Crippen LogP contribution is 2.23. The van der Waals surface area contributed by atoms with Gasteiger partial charge in [-0.2, -0.15) is 0 Å². The van der Waals surface area contributed by atoms with Gasteiger partial charge in [-0.05, 0) is 12.8 Å². The summed E-state index contributed by atoms with van der Waals surface area (Å²) in [7, 11) is 1.67. The molecule has 108 valence electrons.